The van der Waals surface area contributed by atoms with Crippen LogP contribution in [0, 0.1) is 0 Å². The Hall–Kier alpha value is 0.340. The van der Waals surface area contributed by atoms with Crippen LogP contribution in [0.15, 0.2) is 12.1 Å². The third-order valence-corrected chi connectivity index (χ3v) is 3.47. The Labute approximate surface area is 118 Å². The lowest BCUT2D eigenvalue weighted by Crippen LogP contribution is -2.11. The maximum absolute atomic E-state index is 6.08. The van der Waals surface area contributed by atoms with Crippen LogP contribution in [-0.2, 0) is 0 Å². The second kappa shape index (κ2) is 7.62. The van der Waals surface area contributed by atoms with Crippen molar-refractivity contribution < 1.29 is 0 Å². The Bertz CT molecular complexity index is 341. The molecule has 0 unspecified atom stereocenters. The maximum Gasteiger partial charge on any atom is 0.0654 e. The van der Waals surface area contributed by atoms with Gasteiger partial charge in [-0.2, -0.15) is 0 Å². The fourth-order valence-corrected chi connectivity index (χ4v) is 2.27. The van der Waals surface area contributed by atoms with E-state index >= 15 is 0 Å². The van der Waals surface area contributed by atoms with E-state index in [0.717, 1.165) is 24.8 Å². The van der Waals surface area contributed by atoms with Gasteiger partial charge in [0, 0.05) is 16.6 Å². The van der Waals surface area contributed by atoms with Crippen LogP contribution in [0.1, 0.15) is 37.8 Å². The SMILES string of the molecule is CCCC[C@@H](N)c1c(Cl)ccc(Cl)c1Cl.Cl. The van der Waals surface area contributed by atoms with Gasteiger partial charge >= 0.3 is 0 Å². The Morgan fingerprint density at radius 3 is 2.31 bits per heavy atom. The summed E-state index contributed by atoms with van der Waals surface area (Å²) in [5.41, 5.74) is 6.79. The monoisotopic (exact) mass is 301 g/mol. The van der Waals surface area contributed by atoms with Crippen molar-refractivity contribution in [1.82, 2.24) is 0 Å². The predicted molar refractivity (Wildman–Crippen MR) is 75.2 cm³/mol. The molecule has 2 N–H and O–H groups in total. The normalized spacial score (nSPS) is 12.1. The number of rotatable bonds is 4. The van der Waals surface area contributed by atoms with Gasteiger partial charge in [0.05, 0.1) is 10.0 Å². The van der Waals surface area contributed by atoms with Gasteiger partial charge in [-0.05, 0) is 18.6 Å². The lowest BCUT2D eigenvalue weighted by atomic mass is 10.0. The first kappa shape index (κ1) is 16.3. The Kier molecular flexibility index (Phi) is 7.79. The van der Waals surface area contributed by atoms with Crippen LogP contribution in [0.4, 0.5) is 0 Å². The topological polar surface area (TPSA) is 26.0 Å². The van der Waals surface area contributed by atoms with E-state index in [1.807, 2.05) is 0 Å². The van der Waals surface area contributed by atoms with Crippen molar-refractivity contribution in [3.05, 3.63) is 32.8 Å². The minimum atomic E-state index is -0.136. The van der Waals surface area contributed by atoms with Crippen molar-refractivity contribution in [2.45, 2.75) is 32.2 Å². The van der Waals surface area contributed by atoms with Crippen molar-refractivity contribution in [2.24, 2.45) is 5.73 Å². The van der Waals surface area contributed by atoms with Crippen LogP contribution in [0.25, 0.3) is 0 Å². The van der Waals surface area contributed by atoms with E-state index in [0.29, 0.717) is 15.1 Å². The molecule has 0 heterocycles. The summed E-state index contributed by atoms with van der Waals surface area (Å²) < 4.78 is 0. The maximum atomic E-state index is 6.08. The molecule has 1 nitrogen and oxygen atoms in total. The molecule has 0 bridgehead atoms. The summed E-state index contributed by atoms with van der Waals surface area (Å²) in [6, 6.07) is 3.28. The predicted octanol–water partition coefficient (Wildman–Crippen LogP) is 5.26. The second-order valence-electron chi connectivity index (χ2n) is 3.51. The molecule has 5 heteroatoms. The molecule has 0 fully saturated rings. The van der Waals surface area contributed by atoms with Crippen molar-refractivity contribution in [2.75, 3.05) is 0 Å². The van der Waals surface area contributed by atoms with Crippen LogP contribution in [0.5, 0.6) is 0 Å². The van der Waals surface area contributed by atoms with E-state index < -0.39 is 0 Å². The molecule has 0 aliphatic carbocycles. The van der Waals surface area contributed by atoms with E-state index in [1.54, 1.807) is 12.1 Å². The standard InChI is InChI=1S/C11H14Cl3N.ClH/c1-2-3-4-9(15)10-7(12)5-6-8(13)11(10)14;/h5-6,9H,2-4,15H2,1H3;1H/t9-;/m1./s1. The van der Waals surface area contributed by atoms with Crippen LogP contribution in [0.3, 0.4) is 0 Å². The molecule has 1 atom stereocenters. The quantitative estimate of drug-likeness (QED) is 0.754. The minimum absolute atomic E-state index is 0. The van der Waals surface area contributed by atoms with E-state index in [9.17, 15) is 0 Å². The first-order valence-electron chi connectivity index (χ1n) is 4.96. The smallest absolute Gasteiger partial charge is 0.0654 e. The fourth-order valence-electron chi connectivity index (χ4n) is 1.45. The first-order valence-corrected chi connectivity index (χ1v) is 6.10. The van der Waals surface area contributed by atoms with Crippen LogP contribution in [-0.4, -0.2) is 0 Å². The fraction of sp³-hybridized carbons (Fsp3) is 0.455. The molecule has 0 saturated carbocycles. The Morgan fingerprint density at radius 1 is 1.19 bits per heavy atom. The molecule has 0 spiro atoms. The number of hydrogen-bond acceptors (Lipinski definition) is 1. The summed E-state index contributed by atoms with van der Waals surface area (Å²) in [4.78, 5) is 0. The molecule has 0 radical (unpaired) electrons. The van der Waals surface area contributed by atoms with Gasteiger partial charge in [-0.25, -0.2) is 0 Å². The Morgan fingerprint density at radius 2 is 1.75 bits per heavy atom. The van der Waals surface area contributed by atoms with E-state index in [2.05, 4.69) is 6.92 Å². The lowest BCUT2D eigenvalue weighted by Gasteiger charge is -2.15. The molecule has 0 saturated heterocycles. The van der Waals surface area contributed by atoms with Crippen molar-refractivity contribution >= 4 is 47.2 Å². The molecule has 16 heavy (non-hydrogen) atoms. The Balaban J connectivity index is 0.00000225. The largest absolute Gasteiger partial charge is 0.324 e. The molecule has 1 rings (SSSR count). The molecular weight excluding hydrogens is 288 g/mol. The summed E-state index contributed by atoms with van der Waals surface area (Å²) in [6.07, 6.45) is 3.03. The van der Waals surface area contributed by atoms with Gasteiger partial charge in [0.2, 0.25) is 0 Å². The number of halogens is 4. The molecule has 92 valence electrons. The van der Waals surface area contributed by atoms with Gasteiger partial charge in [-0.1, -0.05) is 54.6 Å². The summed E-state index contributed by atoms with van der Waals surface area (Å²) in [5.74, 6) is 0. The van der Waals surface area contributed by atoms with Gasteiger partial charge < -0.3 is 5.73 Å². The van der Waals surface area contributed by atoms with Crippen molar-refractivity contribution in [3.63, 3.8) is 0 Å². The van der Waals surface area contributed by atoms with Gasteiger partial charge in [0.25, 0.3) is 0 Å². The molecule has 0 aromatic heterocycles. The summed E-state index contributed by atoms with van der Waals surface area (Å²) in [6.45, 7) is 2.12. The minimum Gasteiger partial charge on any atom is -0.324 e. The highest BCUT2D eigenvalue weighted by atomic mass is 35.5. The van der Waals surface area contributed by atoms with Crippen LogP contribution >= 0.6 is 47.2 Å². The molecule has 0 amide bonds. The van der Waals surface area contributed by atoms with E-state index in [-0.39, 0.29) is 18.4 Å². The first-order chi connectivity index (χ1) is 7.07. The second-order valence-corrected chi connectivity index (χ2v) is 4.70. The number of unbranched alkanes of at least 4 members (excludes halogenated alkanes) is 1. The highest BCUT2D eigenvalue weighted by molar-refractivity contribution is 6.44. The summed E-state index contributed by atoms with van der Waals surface area (Å²) in [5, 5.41) is 1.57. The summed E-state index contributed by atoms with van der Waals surface area (Å²) >= 11 is 18.0. The average molecular weight is 303 g/mol. The number of nitrogens with two attached hydrogens (primary N) is 1. The van der Waals surface area contributed by atoms with Crippen molar-refractivity contribution in [3.8, 4) is 0 Å². The van der Waals surface area contributed by atoms with Gasteiger partial charge in [-0.3, -0.25) is 0 Å². The summed E-state index contributed by atoms with van der Waals surface area (Å²) in [7, 11) is 0. The highest BCUT2D eigenvalue weighted by Crippen LogP contribution is 2.36. The molecular formula is C11H15Cl4N. The molecule has 0 aliphatic rings. The van der Waals surface area contributed by atoms with Crippen LogP contribution in [0.2, 0.25) is 15.1 Å². The van der Waals surface area contributed by atoms with Gasteiger partial charge in [-0.15, -0.1) is 12.4 Å². The van der Waals surface area contributed by atoms with Crippen LogP contribution < -0.4 is 5.73 Å². The zero-order chi connectivity index (χ0) is 11.4. The highest BCUT2D eigenvalue weighted by Gasteiger charge is 2.15. The van der Waals surface area contributed by atoms with Crippen molar-refractivity contribution in [1.29, 1.82) is 0 Å². The lowest BCUT2D eigenvalue weighted by molar-refractivity contribution is 0.604. The molecule has 1 aromatic rings. The number of benzene rings is 1. The molecule has 1 aromatic carbocycles. The number of hydrogen-bond donors (Lipinski definition) is 1. The van der Waals surface area contributed by atoms with Gasteiger partial charge in [0.1, 0.15) is 0 Å². The third-order valence-electron chi connectivity index (χ3n) is 2.32. The molecule has 0 aliphatic heterocycles. The zero-order valence-electron chi connectivity index (χ0n) is 8.97. The van der Waals surface area contributed by atoms with E-state index in [4.69, 9.17) is 40.5 Å². The van der Waals surface area contributed by atoms with Gasteiger partial charge in [0.15, 0.2) is 0 Å². The average Bonchev–Trinajstić information content (AvgIpc) is 2.21. The van der Waals surface area contributed by atoms with E-state index in [1.165, 1.54) is 0 Å². The zero-order valence-corrected chi connectivity index (χ0v) is 12.1. The third kappa shape index (κ3) is 3.97.